The molecule has 0 bridgehead atoms. The number of hydrogen-bond acceptors (Lipinski definition) is 3. The van der Waals surface area contributed by atoms with E-state index in [1.165, 1.54) is 0 Å². The Morgan fingerprint density at radius 2 is 1.88 bits per heavy atom. The van der Waals surface area contributed by atoms with Crippen molar-refractivity contribution in [3.05, 3.63) is 24.3 Å². The number of ether oxygens (including phenoxy) is 1. The number of anilines is 1. The van der Waals surface area contributed by atoms with Gasteiger partial charge in [0.1, 0.15) is 5.75 Å². The number of nitrogens with zero attached hydrogens (tertiary/aromatic N) is 1. The van der Waals surface area contributed by atoms with Gasteiger partial charge in [-0.25, -0.2) is 0 Å². The maximum Gasteiger partial charge on any atom is 0.225 e. The van der Waals surface area contributed by atoms with Gasteiger partial charge in [-0.15, -0.1) is 0 Å². The van der Waals surface area contributed by atoms with E-state index < -0.39 is 0 Å². The number of thiocarbonyl (C=S) groups is 1. The van der Waals surface area contributed by atoms with Crippen molar-refractivity contribution in [3.63, 3.8) is 0 Å². The molecule has 1 aliphatic rings. The fourth-order valence-corrected chi connectivity index (χ4v) is 2.86. The Hall–Kier alpha value is -1.82. The van der Waals surface area contributed by atoms with E-state index in [1.807, 2.05) is 45.0 Å². The molecule has 0 unspecified atom stereocenters. The van der Waals surface area contributed by atoms with Crippen molar-refractivity contribution in [3.8, 4) is 5.75 Å². The Labute approximate surface area is 149 Å². The number of nitrogens with one attached hydrogen (secondary N) is 2. The first kappa shape index (κ1) is 18.5. The maximum atomic E-state index is 12.1. The molecule has 2 N–H and O–H groups in total. The number of para-hydroxylation sites is 2. The normalized spacial score (nSPS) is 15.8. The number of hydrogen-bond donors (Lipinski definition) is 2. The second-order valence-corrected chi connectivity index (χ2v) is 7.50. The van der Waals surface area contributed by atoms with Gasteiger partial charge in [-0.05, 0) is 37.2 Å². The number of piperidine rings is 1. The topological polar surface area (TPSA) is 53.6 Å². The summed E-state index contributed by atoms with van der Waals surface area (Å²) in [6, 6.07) is 7.95. The lowest BCUT2D eigenvalue weighted by Crippen LogP contribution is -2.49. The predicted molar refractivity (Wildman–Crippen MR) is 101 cm³/mol. The maximum absolute atomic E-state index is 12.1. The summed E-state index contributed by atoms with van der Waals surface area (Å²) >= 11 is 5.52. The van der Waals surface area contributed by atoms with Crippen LogP contribution in [0.2, 0.25) is 0 Å². The Morgan fingerprint density at radius 3 is 2.46 bits per heavy atom. The molecule has 0 radical (unpaired) electrons. The minimum atomic E-state index is -0.349. The first-order valence-corrected chi connectivity index (χ1v) is 8.72. The van der Waals surface area contributed by atoms with Gasteiger partial charge in [0, 0.05) is 24.5 Å². The molecule has 132 valence electrons. The lowest BCUT2D eigenvalue weighted by Gasteiger charge is -2.35. The second kappa shape index (κ2) is 7.83. The van der Waals surface area contributed by atoms with Crippen LogP contribution in [0.4, 0.5) is 5.69 Å². The first-order valence-electron chi connectivity index (χ1n) is 8.31. The van der Waals surface area contributed by atoms with Gasteiger partial charge in [-0.2, -0.15) is 0 Å². The lowest BCUT2D eigenvalue weighted by atomic mass is 9.94. The van der Waals surface area contributed by atoms with Gasteiger partial charge < -0.3 is 20.3 Å². The zero-order valence-electron chi connectivity index (χ0n) is 14.9. The van der Waals surface area contributed by atoms with E-state index in [0.29, 0.717) is 5.11 Å². The van der Waals surface area contributed by atoms with Crippen LogP contribution in [0, 0.1) is 5.41 Å². The van der Waals surface area contributed by atoms with Gasteiger partial charge in [0.15, 0.2) is 5.11 Å². The molecule has 6 heteroatoms. The zero-order valence-corrected chi connectivity index (χ0v) is 15.7. The number of carbonyl (C=O) groups excluding carboxylic acids is 1. The standard InChI is InChI=1S/C18H27N3O2S/c1-18(2,3)16(22)19-13-9-11-21(12-10-13)17(24)20-14-7-5-6-8-15(14)23-4/h5-8,13H,9-12H2,1-4H3,(H,19,22)(H,20,24). The average Bonchev–Trinajstić information content (AvgIpc) is 2.55. The van der Waals surface area contributed by atoms with Crippen LogP contribution in [0.5, 0.6) is 5.75 Å². The van der Waals surface area contributed by atoms with Crippen LogP contribution in [0.1, 0.15) is 33.6 Å². The highest BCUT2D eigenvalue weighted by Crippen LogP contribution is 2.24. The van der Waals surface area contributed by atoms with E-state index in [9.17, 15) is 4.79 Å². The Kier molecular flexibility index (Phi) is 6.04. The van der Waals surface area contributed by atoms with Gasteiger partial charge in [0.05, 0.1) is 12.8 Å². The summed E-state index contributed by atoms with van der Waals surface area (Å²) in [5.74, 6) is 0.878. The molecule has 0 spiro atoms. The van der Waals surface area contributed by atoms with E-state index >= 15 is 0 Å². The predicted octanol–water partition coefficient (Wildman–Crippen LogP) is 3.02. The van der Waals surface area contributed by atoms with Crippen LogP contribution in [0.3, 0.4) is 0 Å². The molecule has 1 heterocycles. The van der Waals surface area contributed by atoms with Crippen LogP contribution in [-0.4, -0.2) is 42.2 Å². The highest BCUT2D eigenvalue weighted by Gasteiger charge is 2.27. The lowest BCUT2D eigenvalue weighted by molar-refractivity contribution is -0.129. The monoisotopic (exact) mass is 349 g/mol. The number of carbonyl (C=O) groups is 1. The molecule has 1 aromatic carbocycles. The number of benzene rings is 1. The van der Waals surface area contributed by atoms with E-state index in [2.05, 4.69) is 15.5 Å². The summed E-state index contributed by atoms with van der Waals surface area (Å²) in [5.41, 5.74) is 0.519. The second-order valence-electron chi connectivity index (χ2n) is 7.12. The molecule has 0 saturated carbocycles. The number of likely N-dealkylation sites (tertiary alicyclic amines) is 1. The number of rotatable bonds is 3. The summed E-state index contributed by atoms with van der Waals surface area (Å²) in [5, 5.41) is 7.09. The molecule has 0 aliphatic carbocycles. The van der Waals surface area contributed by atoms with Crippen molar-refractivity contribution in [2.45, 2.75) is 39.7 Å². The van der Waals surface area contributed by atoms with Crippen molar-refractivity contribution < 1.29 is 9.53 Å². The highest BCUT2D eigenvalue weighted by atomic mass is 32.1. The van der Waals surface area contributed by atoms with E-state index in [0.717, 1.165) is 37.4 Å². The molecule has 24 heavy (non-hydrogen) atoms. The molecule has 5 nitrogen and oxygen atoms in total. The van der Waals surface area contributed by atoms with Gasteiger partial charge in [-0.1, -0.05) is 32.9 Å². The molecule has 2 rings (SSSR count). The molecule has 1 saturated heterocycles. The molecule has 1 aromatic rings. The smallest absolute Gasteiger partial charge is 0.225 e. The van der Waals surface area contributed by atoms with Crippen molar-refractivity contribution in [1.82, 2.24) is 10.2 Å². The number of amides is 1. The largest absolute Gasteiger partial charge is 0.495 e. The van der Waals surface area contributed by atoms with E-state index in [1.54, 1.807) is 7.11 Å². The quantitative estimate of drug-likeness (QED) is 0.822. The first-order chi connectivity index (χ1) is 11.3. The van der Waals surface area contributed by atoms with Crippen LogP contribution >= 0.6 is 12.2 Å². The summed E-state index contributed by atoms with van der Waals surface area (Å²) in [6.07, 6.45) is 1.80. The van der Waals surface area contributed by atoms with Crippen molar-refractivity contribution in [2.75, 3.05) is 25.5 Å². The van der Waals surface area contributed by atoms with Gasteiger partial charge in [0.2, 0.25) is 5.91 Å². The molecule has 0 aromatic heterocycles. The minimum absolute atomic E-state index is 0.107. The van der Waals surface area contributed by atoms with Gasteiger partial charge >= 0.3 is 0 Å². The SMILES string of the molecule is COc1ccccc1NC(=S)N1CCC(NC(=O)C(C)(C)C)CC1. The average molecular weight is 350 g/mol. The summed E-state index contributed by atoms with van der Waals surface area (Å²) in [6.45, 7) is 7.46. The summed E-state index contributed by atoms with van der Waals surface area (Å²) < 4.78 is 5.34. The summed E-state index contributed by atoms with van der Waals surface area (Å²) in [4.78, 5) is 14.2. The fourth-order valence-electron chi connectivity index (χ4n) is 2.57. The number of methoxy groups -OCH3 is 1. The van der Waals surface area contributed by atoms with Crippen molar-refractivity contribution in [1.29, 1.82) is 0 Å². The molecule has 0 atom stereocenters. The fraction of sp³-hybridized carbons (Fsp3) is 0.556. The Balaban J connectivity index is 1.86. The Bertz CT molecular complexity index is 590. The minimum Gasteiger partial charge on any atom is -0.495 e. The van der Waals surface area contributed by atoms with Crippen LogP contribution in [0.25, 0.3) is 0 Å². The third-order valence-electron chi connectivity index (χ3n) is 4.15. The van der Waals surface area contributed by atoms with Crippen molar-refractivity contribution in [2.24, 2.45) is 5.41 Å². The van der Waals surface area contributed by atoms with Crippen LogP contribution in [0.15, 0.2) is 24.3 Å². The molecular weight excluding hydrogens is 322 g/mol. The summed E-state index contributed by atoms with van der Waals surface area (Å²) in [7, 11) is 1.65. The zero-order chi connectivity index (χ0) is 17.7. The molecule has 1 amide bonds. The Morgan fingerprint density at radius 1 is 1.25 bits per heavy atom. The van der Waals surface area contributed by atoms with Gasteiger partial charge in [0.25, 0.3) is 0 Å². The molecular formula is C18H27N3O2S. The van der Waals surface area contributed by atoms with E-state index in [-0.39, 0.29) is 17.4 Å². The molecule has 1 aliphatic heterocycles. The highest BCUT2D eigenvalue weighted by molar-refractivity contribution is 7.80. The van der Waals surface area contributed by atoms with Crippen LogP contribution < -0.4 is 15.4 Å². The molecule has 1 fully saturated rings. The third kappa shape index (κ3) is 4.84. The van der Waals surface area contributed by atoms with E-state index in [4.69, 9.17) is 17.0 Å². The van der Waals surface area contributed by atoms with Crippen molar-refractivity contribution >= 4 is 28.9 Å². The van der Waals surface area contributed by atoms with Gasteiger partial charge in [-0.3, -0.25) is 4.79 Å². The third-order valence-corrected chi connectivity index (χ3v) is 4.51. The van der Waals surface area contributed by atoms with Crippen LogP contribution in [-0.2, 0) is 4.79 Å².